The lowest BCUT2D eigenvalue weighted by Gasteiger charge is -2.21. The first kappa shape index (κ1) is 22.9. The molecule has 0 atom stereocenters. The highest BCUT2D eigenvalue weighted by Crippen LogP contribution is 2.30. The molecule has 0 aromatic heterocycles. The van der Waals surface area contributed by atoms with Gasteiger partial charge in [-0.25, -0.2) is 8.78 Å². The maximum Gasteiger partial charge on any atom is 0.160 e. The molecule has 2 rings (SSSR count). The van der Waals surface area contributed by atoms with E-state index in [0.29, 0.717) is 12.1 Å². The molecule has 0 saturated heterocycles. The van der Waals surface area contributed by atoms with E-state index >= 15 is 0 Å². The smallest absolute Gasteiger partial charge is 0.160 e. The van der Waals surface area contributed by atoms with Crippen LogP contribution in [0.2, 0.25) is 0 Å². The first-order valence-electron chi connectivity index (χ1n) is 10.1. The number of anilines is 2. The van der Waals surface area contributed by atoms with Crippen molar-refractivity contribution in [1.82, 2.24) is 0 Å². The minimum Gasteiger partial charge on any atom is -0.355 e. The number of hydrogen-bond donors (Lipinski definition) is 1. The SMILES string of the molecule is C/C=C\C(=C/Cc1cc(F)c(F)cc1Nc1ccc(C(C)(C)C)cc1)C(C)(C)C. The van der Waals surface area contributed by atoms with E-state index in [9.17, 15) is 8.78 Å². The topological polar surface area (TPSA) is 12.0 Å². The fourth-order valence-corrected chi connectivity index (χ4v) is 3.11. The predicted molar refractivity (Wildman–Crippen MR) is 121 cm³/mol. The first-order chi connectivity index (χ1) is 13.4. The summed E-state index contributed by atoms with van der Waals surface area (Å²) in [7, 11) is 0. The van der Waals surface area contributed by atoms with E-state index in [-0.39, 0.29) is 10.8 Å². The van der Waals surface area contributed by atoms with Crippen LogP contribution in [0.4, 0.5) is 20.2 Å². The van der Waals surface area contributed by atoms with Crippen LogP contribution in [0, 0.1) is 17.0 Å². The molecule has 1 N–H and O–H groups in total. The molecule has 0 aliphatic rings. The Hall–Kier alpha value is -2.42. The second kappa shape index (κ2) is 8.94. The quantitative estimate of drug-likeness (QED) is 0.503. The fraction of sp³-hybridized carbons (Fsp3) is 0.385. The van der Waals surface area contributed by atoms with Crippen molar-refractivity contribution < 1.29 is 8.78 Å². The minimum absolute atomic E-state index is 0.0263. The van der Waals surface area contributed by atoms with Crippen LogP contribution in [0.15, 0.2) is 60.2 Å². The average Bonchev–Trinajstić information content (AvgIpc) is 2.61. The van der Waals surface area contributed by atoms with Crippen LogP contribution in [0.3, 0.4) is 0 Å². The molecule has 0 bridgehead atoms. The van der Waals surface area contributed by atoms with Gasteiger partial charge in [0, 0.05) is 17.4 Å². The Labute approximate surface area is 174 Å². The molecular weight excluding hydrogens is 364 g/mol. The third kappa shape index (κ3) is 6.28. The molecule has 0 spiro atoms. The normalized spacial score (nSPS) is 13.2. The fourth-order valence-electron chi connectivity index (χ4n) is 3.11. The van der Waals surface area contributed by atoms with E-state index in [2.05, 4.69) is 71.1 Å². The summed E-state index contributed by atoms with van der Waals surface area (Å²) < 4.78 is 27.9. The molecule has 0 heterocycles. The van der Waals surface area contributed by atoms with Crippen molar-refractivity contribution >= 4 is 11.4 Å². The van der Waals surface area contributed by atoms with Crippen LogP contribution in [0.25, 0.3) is 0 Å². The number of benzene rings is 2. The van der Waals surface area contributed by atoms with Gasteiger partial charge in [0.1, 0.15) is 0 Å². The average molecular weight is 398 g/mol. The Balaban J connectivity index is 2.36. The van der Waals surface area contributed by atoms with E-state index in [1.165, 1.54) is 17.7 Å². The Morgan fingerprint density at radius 2 is 1.52 bits per heavy atom. The van der Waals surface area contributed by atoms with E-state index in [1.807, 2.05) is 25.1 Å². The minimum atomic E-state index is -0.851. The number of hydrogen-bond acceptors (Lipinski definition) is 1. The van der Waals surface area contributed by atoms with Gasteiger partial charge in [-0.15, -0.1) is 0 Å². The van der Waals surface area contributed by atoms with Gasteiger partial charge < -0.3 is 5.32 Å². The zero-order valence-corrected chi connectivity index (χ0v) is 18.7. The van der Waals surface area contributed by atoms with Crippen molar-refractivity contribution in [3.05, 3.63) is 83.0 Å². The second-order valence-corrected chi connectivity index (χ2v) is 9.49. The molecule has 0 aliphatic heterocycles. The number of halogens is 2. The number of rotatable bonds is 5. The molecule has 0 saturated carbocycles. The Morgan fingerprint density at radius 3 is 2.03 bits per heavy atom. The summed E-state index contributed by atoms with van der Waals surface area (Å²) in [5, 5.41) is 3.26. The third-order valence-electron chi connectivity index (χ3n) is 4.93. The summed E-state index contributed by atoms with van der Waals surface area (Å²) in [6.45, 7) is 14.9. The van der Waals surface area contributed by atoms with Crippen molar-refractivity contribution in [3.8, 4) is 0 Å². The van der Waals surface area contributed by atoms with Gasteiger partial charge in [0.05, 0.1) is 0 Å². The van der Waals surface area contributed by atoms with Crippen LogP contribution < -0.4 is 5.32 Å². The molecule has 1 nitrogen and oxygen atoms in total. The van der Waals surface area contributed by atoms with Gasteiger partial charge in [-0.1, -0.05) is 71.9 Å². The van der Waals surface area contributed by atoms with Crippen molar-refractivity contribution in [2.75, 3.05) is 5.32 Å². The number of allylic oxidation sites excluding steroid dienone is 4. The highest BCUT2D eigenvalue weighted by molar-refractivity contribution is 5.64. The largest absolute Gasteiger partial charge is 0.355 e. The lowest BCUT2D eigenvalue weighted by Crippen LogP contribution is -2.10. The second-order valence-electron chi connectivity index (χ2n) is 9.49. The predicted octanol–water partition coefficient (Wildman–Crippen LogP) is 8.10. The van der Waals surface area contributed by atoms with Gasteiger partial charge in [0.15, 0.2) is 11.6 Å². The van der Waals surface area contributed by atoms with Crippen molar-refractivity contribution in [3.63, 3.8) is 0 Å². The highest BCUT2D eigenvalue weighted by atomic mass is 19.2. The maximum absolute atomic E-state index is 14.0. The molecule has 0 radical (unpaired) electrons. The molecule has 29 heavy (non-hydrogen) atoms. The van der Waals surface area contributed by atoms with Crippen molar-refractivity contribution in [2.24, 2.45) is 5.41 Å². The Morgan fingerprint density at radius 1 is 0.931 bits per heavy atom. The Kier molecular flexibility index (Phi) is 7.05. The van der Waals surface area contributed by atoms with Gasteiger partial charge in [-0.3, -0.25) is 0 Å². The zero-order valence-electron chi connectivity index (χ0n) is 18.7. The monoisotopic (exact) mass is 397 g/mol. The van der Waals surface area contributed by atoms with Gasteiger partial charge in [-0.05, 0) is 59.1 Å². The van der Waals surface area contributed by atoms with Crippen LogP contribution in [0.1, 0.15) is 59.6 Å². The Bertz CT molecular complexity index is 892. The van der Waals surface area contributed by atoms with Gasteiger partial charge in [0.25, 0.3) is 0 Å². The molecule has 2 aromatic carbocycles. The summed E-state index contributed by atoms with van der Waals surface area (Å²) >= 11 is 0. The number of nitrogens with one attached hydrogen (secondary N) is 1. The van der Waals surface area contributed by atoms with Gasteiger partial charge in [-0.2, -0.15) is 0 Å². The third-order valence-corrected chi connectivity index (χ3v) is 4.93. The lowest BCUT2D eigenvalue weighted by atomic mass is 9.85. The lowest BCUT2D eigenvalue weighted by molar-refractivity contribution is 0.507. The maximum atomic E-state index is 14.0. The summed E-state index contributed by atoms with van der Waals surface area (Å²) in [5.74, 6) is -1.68. The summed E-state index contributed by atoms with van der Waals surface area (Å²) in [6, 6.07) is 10.6. The highest BCUT2D eigenvalue weighted by Gasteiger charge is 2.16. The molecule has 2 aromatic rings. The first-order valence-corrected chi connectivity index (χ1v) is 10.1. The van der Waals surface area contributed by atoms with E-state index in [0.717, 1.165) is 16.8 Å². The molecule has 0 amide bonds. The van der Waals surface area contributed by atoms with E-state index in [4.69, 9.17) is 0 Å². The zero-order chi connectivity index (χ0) is 21.8. The standard InChI is InChI=1S/C26H33F2N/c1-8-9-19(25(2,3)4)11-10-18-16-22(27)23(28)17-24(18)29-21-14-12-20(13-15-21)26(5,6)7/h8-9,11-17,29H,10H2,1-7H3/b9-8-,19-11+. The molecule has 0 aliphatic carbocycles. The van der Waals surface area contributed by atoms with E-state index < -0.39 is 11.6 Å². The molecule has 3 heteroatoms. The van der Waals surface area contributed by atoms with E-state index in [1.54, 1.807) is 0 Å². The van der Waals surface area contributed by atoms with Crippen LogP contribution in [0.5, 0.6) is 0 Å². The summed E-state index contributed by atoms with van der Waals surface area (Å²) in [4.78, 5) is 0. The molecule has 0 fully saturated rings. The summed E-state index contributed by atoms with van der Waals surface area (Å²) in [6.07, 6.45) is 6.66. The van der Waals surface area contributed by atoms with Gasteiger partial charge in [0.2, 0.25) is 0 Å². The summed E-state index contributed by atoms with van der Waals surface area (Å²) in [5.41, 5.74) is 4.56. The van der Waals surface area contributed by atoms with Crippen LogP contribution >= 0.6 is 0 Å². The molecule has 156 valence electrons. The van der Waals surface area contributed by atoms with Crippen molar-refractivity contribution in [2.45, 2.75) is 60.3 Å². The van der Waals surface area contributed by atoms with Crippen LogP contribution in [-0.2, 0) is 11.8 Å². The molecule has 0 unspecified atom stereocenters. The van der Waals surface area contributed by atoms with Gasteiger partial charge >= 0.3 is 0 Å². The molecular formula is C26H33F2N. The van der Waals surface area contributed by atoms with Crippen LogP contribution in [-0.4, -0.2) is 0 Å². The van der Waals surface area contributed by atoms with Crippen molar-refractivity contribution in [1.29, 1.82) is 0 Å².